The van der Waals surface area contributed by atoms with E-state index in [1.165, 1.54) is 25.3 Å². The molecule has 166 valence electrons. The molecule has 0 saturated carbocycles. The van der Waals surface area contributed by atoms with Crippen molar-refractivity contribution < 1.29 is 37.0 Å². The fourth-order valence-electron chi connectivity index (χ4n) is 2.55. The summed E-state index contributed by atoms with van der Waals surface area (Å²) in [5, 5.41) is 2.71. The molecule has 0 fully saturated rings. The fraction of sp³-hybridized carbons (Fsp3) is 0.136. The van der Waals surface area contributed by atoms with Crippen LogP contribution in [-0.2, 0) is 0 Å². The lowest BCUT2D eigenvalue weighted by Gasteiger charge is -2.10. The van der Waals surface area contributed by atoms with Gasteiger partial charge in [0.1, 0.15) is 11.5 Å². The number of alkyl halides is 3. The van der Waals surface area contributed by atoms with E-state index in [1.54, 1.807) is 36.4 Å². The van der Waals surface area contributed by atoms with E-state index in [9.17, 15) is 22.8 Å². The number of pyridine rings is 1. The first kappa shape index (κ1) is 22.6. The number of halogens is 3. The summed E-state index contributed by atoms with van der Waals surface area (Å²) >= 11 is 0. The van der Waals surface area contributed by atoms with Gasteiger partial charge in [0.05, 0.1) is 18.2 Å². The molecule has 1 heterocycles. The van der Waals surface area contributed by atoms with Crippen molar-refractivity contribution in [2.24, 2.45) is 0 Å². The highest BCUT2D eigenvalue weighted by atomic mass is 19.4. The quantitative estimate of drug-likeness (QED) is 0.425. The van der Waals surface area contributed by atoms with Gasteiger partial charge in [0, 0.05) is 18.0 Å². The Kier molecular flexibility index (Phi) is 6.93. The molecule has 7 nitrogen and oxygen atoms in total. The maximum atomic E-state index is 12.4. The van der Waals surface area contributed by atoms with Gasteiger partial charge in [-0.15, -0.1) is 0 Å². The molecule has 1 aromatic heterocycles. The van der Waals surface area contributed by atoms with Crippen molar-refractivity contribution in [3.8, 4) is 17.4 Å². The molecule has 0 aliphatic carbocycles. The lowest BCUT2D eigenvalue weighted by Crippen LogP contribution is -2.19. The van der Waals surface area contributed by atoms with Crippen LogP contribution in [0, 0.1) is 0 Å². The summed E-state index contributed by atoms with van der Waals surface area (Å²) in [6.07, 6.45) is -3.44. The Labute approximate surface area is 180 Å². The van der Waals surface area contributed by atoms with Crippen LogP contribution in [0.5, 0.6) is 17.4 Å². The maximum Gasteiger partial charge on any atom is 0.422 e. The molecule has 2 aromatic carbocycles. The lowest BCUT2D eigenvalue weighted by molar-refractivity contribution is -0.154. The van der Waals surface area contributed by atoms with E-state index in [4.69, 9.17) is 9.47 Å². The number of hydrogen-bond acceptors (Lipinski definition) is 6. The number of ether oxygens (including phenoxy) is 3. The molecule has 0 aliphatic rings. The van der Waals surface area contributed by atoms with Crippen LogP contribution in [0.1, 0.15) is 20.7 Å². The van der Waals surface area contributed by atoms with Gasteiger partial charge in [-0.2, -0.15) is 13.2 Å². The number of aromatic nitrogens is 1. The van der Waals surface area contributed by atoms with Gasteiger partial charge >= 0.3 is 12.1 Å². The van der Waals surface area contributed by atoms with Crippen LogP contribution in [0.25, 0.3) is 0 Å². The van der Waals surface area contributed by atoms with Crippen molar-refractivity contribution in [2.75, 3.05) is 19.0 Å². The Morgan fingerprint density at radius 3 is 2.34 bits per heavy atom. The Balaban J connectivity index is 1.58. The first-order chi connectivity index (χ1) is 15.2. The van der Waals surface area contributed by atoms with Crippen LogP contribution >= 0.6 is 0 Å². The van der Waals surface area contributed by atoms with Gasteiger partial charge in [-0.3, -0.25) is 4.79 Å². The minimum absolute atomic E-state index is 0.0258. The summed E-state index contributed by atoms with van der Waals surface area (Å²) in [6.45, 7) is -1.48. The molecule has 0 unspecified atom stereocenters. The average molecular weight is 446 g/mol. The fourth-order valence-corrected chi connectivity index (χ4v) is 2.55. The monoisotopic (exact) mass is 446 g/mol. The van der Waals surface area contributed by atoms with Crippen molar-refractivity contribution in [2.45, 2.75) is 6.18 Å². The molecule has 1 N–H and O–H groups in total. The van der Waals surface area contributed by atoms with E-state index in [-0.39, 0.29) is 23.1 Å². The molecule has 0 spiro atoms. The largest absolute Gasteiger partial charge is 0.496 e. The van der Waals surface area contributed by atoms with E-state index in [2.05, 4.69) is 15.0 Å². The predicted molar refractivity (Wildman–Crippen MR) is 108 cm³/mol. The summed E-state index contributed by atoms with van der Waals surface area (Å²) in [5.74, 6) is -0.771. The third kappa shape index (κ3) is 6.21. The van der Waals surface area contributed by atoms with E-state index >= 15 is 0 Å². The van der Waals surface area contributed by atoms with Gasteiger partial charge in [-0.25, -0.2) is 9.78 Å². The topological polar surface area (TPSA) is 86.8 Å². The Hall–Kier alpha value is -4.08. The number of esters is 1. The van der Waals surface area contributed by atoms with Gasteiger partial charge in [-0.05, 0) is 42.5 Å². The van der Waals surface area contributed by atoms with Crippen LogP contribution in [-0.4, -0.2) is 36.8 Å². The smallest absolute Gasteiger partial charge is 0.422 e. The number of hydrogen-bond donors (Lipinski definition) is 1. The highest BCUT2D eigenvalue weighted by Gasteiger charge is 2.28. The van der Waals surface area contributed by atoms with Crippen molar-refractivity contribution in [1.82, 2.24) is 4.98 Å². The number of benzene rings is 2. The van der Waals surface area contributed by atoms with Gasteiger partial charge in [0.2, 0.25) is 5.88 Å². The third-order valence-electron chi connectivity index (χ3n) is 4.03. The summed E-state index contributed by atoms with van der Waals surface area (Å²) in [4.78, 5) is 28.3. The molecular weight excluding hydrogens is 429 g/mol. The molecule has 0 radical (unpaired) electrons. The second kappa shape index (κ2) is 9.82. The number of carbonyl (C=O) groups excluding carboxylic acids is 2. The normalized spacial score (nSPS) is 10.9. The molecule has 0 bridgehead atoms. The maximum absolute atomic E-state index is 12.4. The zero-order valence-electron chi connectivity index (χ0n) is 16.7. The van der Waals surface area contributed by atoms with Gasteiger partial charge in [0.25, 0.3) is 5.91 Å². The van der Waals surface area contributed by atoms with Crippen LogP contribution in [0.2, 0.25) is 0 Å². The molecule has 32 heavy (non-hydrogen) atoms. The number of carbonyl (C=O) groups is 2. The zero-order valence-corrected chi connectivity index (χ0v) is 16.7. The number of para-hydroxylation sites is 1. The van der Waals surface area contributed by atoms with E-state index in [1.807, 2.05) is 0 Å². The first-order valence-electron chi connectivity index (χ1n) is 9.17. The number of nitrogens with zero attached hydrogens (tertiary/aromatic N) is 1. The number of rotatable bonds is 7. The van der Waals surface area contributed by atoms with Gasteiger partial charge in [0.15, 0.2) is 6.61 Å². The summed E-state index contributed by atoms with van der Waals surface area (Å²) < 4.78 is 51.3. The summed E-state index contributed by atoms with van der Waals surface area (Å²) in [7, 11) is 1.47. The van der Waals surface area contributed by atoms with E-state index in [0.717, 1.165) is 12.3 Å². The summed E-state index contributed by atoms with van der Waals surface area (Å²) in [5.41, 5.74) is 0.854. The Morgan fingerprint density at radius 2 is 1.72 bits per heavy atom. The van der Waals surface area contributed by atoms with Crippen molar-refractivity contribution in [3.05, 3.63) is 78.0 Å². The third-order valence-corrected chi connectivity index (χ3v) is 4.03. The van der Waals surface area contributed by atoms with Crippen LogP contribution in [0.4, 0.5) is 18.9 Å². The number of nitrogens with one attached hydrogen (secondary N) is 1. The minimum Gasteiger partial charge on any atom is -0.496 e. The standard InChI is InChI=1S/C22H17F3N2O5/c1-30-18-5-3-2-4-17(18)20(28)27-15-7-9-16(10-8-15)32-21(29)14-6-11-19(26-12-14)31-13-22(23,24)25/h2-12H,13H2,1H3,(H,27,28). The van der Waals surface area contributed by atoms with Crippen molar-refractivity contribution in [3.63, 3.8) is 0 Å². The van der Waals surface area contributed by atoms with Crippen LogP contribution in [0.3, 0.4) is 0 Å². The van der Waals surface area contributed by atoms with Gasteiger partial charge < -0.3 is 19.5 Å². The number of anilines is 1. The molecule has 10 heteroatoms. The second-order valence-electron chi connectivity index (χ2n) is 6.36. The predicted octanol–water partition coefficient (Wildman–Crippen LogP) is 4.50. The van der Waals surface area contributed by atoms with E-state index < -0.39 is 18.8 Å². The molecule has 3 aromatic rings. The second-order valence-corrected chi connectivity index (χ2v) is 6.36. The first-order valence-corrected chi connectivity index (χ1v) is 9.17. The highest BCUT2D eigenvalue weighted by molar-refractivity contribution is 6.06. The van der Waals surface area contributed by atoms with E-state index in [0.29, 0.717) is 17.0 Å². The molecule has 3 rings (SSSR count). The Bertz CT molecular complexity index is 1080. The molecule has 1 amide bonds. The molecular formula is C22H17F3N2O5. The minimum atomic E-state index is -4.49. The van der Waals surface area contributed by atoms with Gasteiger partial charge in [-0.1, -0.05) is 12.1 Å². The SMILES string of the molecule is COc1ccccc1C(=O)Nc1ccc(OC(=O)c2ccc(OCC(F)(F)F)nc2)cc1. The molecule has 0 atom stereocenters. The van der Waals surface area contributed by atoms with Crippen molar-refractivity contribution in [1.29, 1.82) is 0 Å². The lowest BCUT2D eigenvalue weighted by atomic mass is 10.2. The van der Waals surface area contributed by atoms with Crippen molar-refractivity contribution >= 4 is 17.6 Å². The van der Waals surface area contributed by atoms with Crippen LogP contribution in [0.15, 0.2) is 66.9 Å². The zero-order chi connectivity index (χ0) is 23.1. The Morgan fingerprint density at radius 1 is 1.00 bits per heavy atom. The molecule has 0 saturated heterocycles. The molecule has 0 aliphatic heterocycles. The highest BCUT2D eigenvalue weighted by Crippen LogP contribution is 2.22. The summed E-state index contributed by atoms with van der Waals surface area (Å²) in [6, 6.07) is 15.2. The average Bonchev–Trinajstić information content (AvgIpc) is 2.78. The van der Waals surface area contributed by atoms with Crippen LogP contribution < -0.4 is 19.5 Å². The number of amides is 1. The number of methoxy groups -OCH3 is 1.